The average molecular weight is 694 g/mol. The zero-order valence-corrected chi connectivity index (χ0v) is 29.1. The lowest BCUT2D eigenvalue weighted by Gasteiger charge is -2.33. The van der Waals surface area contributed by atoms with E-state index in [1.54, 1.807) is 28.8 Å². The first-order chi connectivity index (χ1) is 24.4. The van der Waals surface area contributed by atoms with E-state index in [1.165, 1.54) is 43.8 Å². The largest absolute Gasteiger partial charge is 0.383 e. The highest BCUT2D eigenvalue weighted by atomic mass is 19.1. The van der Waals surface area contributed by atoms with Crippen LogP contribution in [0.5, 0.6) is 0 Å². The standard InChI is InChI=1S/C37H40FN9O4/c1-20(2)37(51)45-16-14-26(15-17-45)47-34-29(33(39)41-19-42-34)30(44-47)23-8-12-25(13-9-23)43-35(49)27-18-46(21(3)4)31(36(50)40-5)28(32(27)48)22-6-10-24(38)11-7-22/h6-13,18-21,26H,14-17H2,1-5H3,(H,40,50)(H,43,49)(H2,39,41,42). The number of anilines is 2. The maximum Gasteiger partial charge on any atom is 0.268 e. The molecule has 3 aromatic heterocycles. The second-order valence-corrected chi connectivity index (χ2v) is 13.2. The molecule has 3 amide bonds. The van der Waals surface area contributed by atoms with Crippen LogP contribution in [-0.2, 0) is 4.79 Å². The summed E-state index contributed by atoms with van der Waals surface area (Å²) in [5, 5.41) is 10.9. The maximum atomic E-state index is 13.9. The van der Waals surface area contributed by atoms with Crippen LogP contribution in [0.2, 0.25) is 0 Å². The Bertz CT molecular complexity index is 2180. The molecule has 1 aliphatic rings. The molecule has 0 aliphatic carbocycles. The molecule has 0 atom stereocenters. The number of nitrogens with zero attached hydrogens (tertiary/aromatic N) is 6. The molecule has 13 nitrogen and oxygen atoms in total. The Hall–Kier alpha value is -5.92. The lowest BCUT2D eigenvalue weighted by Crippen LogP contribution is -2.41. The first-order valence-corrected chi connectivity index (χ1v) is 16.9. The zero-order chi connectivity index (χ0) is 36.6. The molecule has 0 saturated carbocycles. The second-order valence-electron chi connectivity index (χ2n) is 13.2. The third-order valence-electron chi connectivity index (χ3n) is 9.16. The fourth-order valence-electron chi connectivity index (χ4n) is 6.49. The summed E-state index contributed by atoms with van der Waals surface area (Å²) in [4.78, 5) is 63.8. The Labute approximate surface area is 293 Å². The summed E-state index contributed by atoms with van der Waals surface area (Å²) in [6.07, 6.45) is 4.22. The molecule has 1 fully saturated rings. The van der Waals surface area contributed by atoms with E-state index < -0.39 is 23.1 Å². The average Bonchev–Trinajstić information content (AvgIpc) is 3.52. The molecule has 0 unspecified atom stereocenters. The highest BCUT2D eigenvalue weighted by Crippen LogP contribution is 2.35. The van der Waals surface area contributed by atoms with E-state index in [0.717, 1.165) is 12.8 Å². The van der Waals surface area contributed by atoms with Crippen molar-refractivity contribution in [3.8, 4) is 22.4 Å². The van der Waals surface area contributed by atoms with Crippen LogP contribution in [0, 0.1) is 11.7 Å². The van der Waals surface area contributed by atoms with Crippen LogP contribution in [0.25, 0.3) is 33.4 Å². The number of pyridine rings is 1. The van der Waals surface area contributed by atoms with Crippen molar-refractivity contribution in [3.05, 3.63) is 88.4 Å². The van der Waals surface area contributed by atoms with Crippen LogP contribution in [0.1, 0.15) is 73.5 Å². The number of likely N-dealkylation sites (tertiary alicyclic amines) is 1. The van der Waals surface area contributed by atoms with Gasteiger partial charge in [-0.3, -0.25) is 19.2 Å². The van der Waals surface area contributed by atoms with Crippen molar-refractivity contribution in [2.24, 2.45) is 5.92 Å². The minimum absolute atomic E-state index is 0.00878. The molecule has 0 radical (unpaired) electrons. The first kappa shape index (κ1) is 34.9. The van der Waals surface area contributed by atoms with E-state index in [0.29, 0.717) is 46.6 Å². The Kier molecular flexibility index (Phi) is 9.68. The Balaban J connectivity index is 1.31. The fraction of sp³-hybridized carbons (Fsp3) is 0.324. The third-order valence-corrected chi connectivity index (χ3v) is 9.16. The van der Waals surface area contributed by atoms with Gasteiger partial charge in [0.15, 0.2) is 5.65 Å². The van der Waals surface area contributed by atoms with Crippen molar-refractivity contribution in [2.45, 2.75) is 52.6 Å². The normalized spacial score (nSPS) is 13.6. The molecule has 14 heteroatoms. The summed E-state index contributed by atoms with van der Waals surface area (Å²) in [6.45, 7) is 8.69. The minimum Gasteiger partial charge on any atom is -0.383 e. The predicted octanol–water partition coefficient (Wildman–Crippen LogP) is 5.06. The lowest BCUT2D eigenvalue weighted by atomic mass is 9.99. The van der Waals surface area contributed by atoms with E-state index in [-0.39, 0.29) is 46.5 Å². The number of amides is 3. The van der Waals surface area contributed by atoms with Gasteiger partial charge in [0.05, 0.1) is 17.0 Å². The van der Waals surface area contributed by atoms with Gasteiger partial charge in [-0.1, -0.05) is 38.1 Å². The van der Waals surface area contributed by atoms with Gasteiger partial charge in [0.1, 0.15) is 34.9 Å². The SMILES string of the molecule is CNC(=O)c1c(-c2ccc(F)cc2)c(=O)c(C(=O)Nc2ccc(-c3nn(C4CCN(C(=O)C(C)C)CC4)c4ncnc(N)c34)cc2)cn1C(C)C. The van der Waals surface area contributed by atoms with Gasteiger partial charge in [0.25, 0.3) is 11.8 Å². The molecule has 2 aromatic carbocycles. The Morgan fingerprint density at radius 1 is 0.922 bits per heavy atom. The number of hydrogen-bond donors (Lipinski definition) is 3. The zero-order valence-electron chi connectivity index (χ0n) is 29.1. The van der Waals surface area contributed by atoms with Crippen molar-refractivity contribution in [3.63, 3.8) is 0 Å². The third kappa shape index (κ3) is 6.68. The summed E-state index contributed by atoms with van der Waals surface area (Å²) in [5.41, 5.74) is 8.15. The van der Waals surface area contributed by atoms with Gasteiger partial charge in [-0.25, -0.2) is 19.0 Å². The van der Waals surface area contributed by atoms with Crippen LogP contribution >= 0.6 is 0 Å². The van der Waals surface area contributed by atoms with E-state index in [9.17, 15) is 23.6 Å². The number of hydrogen-bond acceptors (Lipinski definition) is 8. The van der Waals surface area contributed by atoms with Crippen LogP contribution in [0.4, 0.5) is 15.9 Å². The molecule has 0 spiro atoms. The number of carbonyl (C=O) groups is 3. The molecule has 1 aliphatic heterocycles. The van der Waals surface area contributed by atoms with Gasteiger partial charge < -0.3 is 25.8 Å². The molecular weight excluding hydrogens is 653 g/mol. The second kappa shape index (κ2) is 14.1. The number of fused-ring (bicyclic) bond motifs is 1. The lowest BCUT2D eigenvalue weighted by molar-refractivity contribution is -0.135. The van der Waals surface area contributed by atoms with Gasteiger partial charge in [-0.05, 0) is 56.5 Å². The van der Waals surface area contributed by atoms with Crippen molar-refractivity contribution in [1.82, 2.24) is 34.5 Å². The van der Waals surface area contributed by atoms with Gasteiger partial charge in [0, 0.05) is 49.5 Å². The van der Waals surface area contributed by atoms with Crippen LogP contribution in [0.3, 0.4) is 0 Å². The van der Waals surface area contributed by atoms with Crippen molar-refractivity contribution in [2.75, 3.05) is 31.2 Å². The Morgan fingerprint density at radius 2 is 1.57 bits per heavy atom. The number of piperidine rings is 1. The molecule has 5 aromatic rings. The summed E-state index contributed by atoms with van der Waals surface area (Å²) in [5.74, 6) is -1.34. The maximum absolute atomic E-state index is 13.9. The number of halogens is 1. The molecule has 51 heavy (non-hydrogen) atoms. The van der Waals surface area contributed by atoms with Gasteiger partial charge in [-0.15, -0.1) is 0 Å². The van der Waals surface area contributed by atoms with Gasteiger partial charge in [0.2, 0.25) is 11.3 Å². The summed E-state index contributed by atoms with van der Waals surface area (Å²) in [6, 6.07) is 11.9. The van der Waals surface area contributed by atoms with E-state index >= 15 is 0 Å². The number of aromatic nitrogens is 5. The van der Waals surface area contributed by atoms with Gasteiger partial charge in [-0.2, -0.15) is 5.10 Å². The number of rotatable bonds is 8. The number of carbonyl (C=O) groups excluding carboxylic acids is 3. The van der Waals surface area contributed by atoms with Crippen LogP contribution < -0.4 is 21.8 Å². The van der Waals surface area contributed by atoms with Crippen LogP contribution in [0.15, 0.2) is 65.8 Å². The predicted molar refractivity (Wildman–Crippen MR) is 193 cm³/mol. The Morgan fingerprint density at radius 3 is 2.18 bits per heavy atom. The quantitative estimate of drug-likeness (QED) is 0.203. The summed E-state index contributed by atoms with van der Waals surface area (Å²) < 4.78 is 17.2. The molecule has 4 heterocycles. The highest BCUT2D eigenvalue weighted by molar-refractivity contribution is 6.07. The molecule has 4 N–H and O–H groups in total. The van der Waals surface area contributed by atoms with Crippen LogP contribution in [-0.4, -0.2) is 67.1 Å². The summed E-state index contributed by atoms with van der Waals surface area (Å²) in [7, 11) is 1.45. The molecular formula is C37H40FN9O4. The number of nitrogens with two attached hydrogens (primary N) is 1. The fourth-order valence-corrected chi connectivity index (χ4v) is 6.49. The minimum atomic E-state index is -0.677. The van der Waals surface area contributed by atoms with E-state index in [2.05, 4.69) is 20.6 Å². The van der Waals surface area contributed by atoms with E-state index in [1.807, 2.05) is 37.3 Å². The number of nitrogen functional groups attached to an aromatic ring is 1. The van der Waals surface area contributed by atoms with Crippen molar-refractivity contribution < 1.29 is 18.8 Å². The molecule has 264 valence electrons. The van der Waals surface area contributed by atoms with Crippen molar-refractivity contribution in [1.29, 1.82) is 0 Å². The topological polar surface area (TPSA) is 170 Å². The molecule has 1 saturated heterocycles. The van der Waals surface area contributed by atoms with Crippen molar-refractivity contribution >= 4 is 40.3 Å². The molecule has 6 rings (SSSR count). The van der Waals surface area contributed by atoms with Gasteiger partial charge >= 0.3 is 0 Å². The number of nitrogens with one attached hydrogen (secondary N) is 2. The molecule has 0 bridgehead atoms. The smallest absolute Gasteiger partial charge is 0.268 e. The first-order valence-electron chi connectivity index (χ1n) is 16.9. The monoisotopic (exact) mass is 693 g/mol. The number of benzene rings is 2. The van der Waals surface area contributed by atoms with E-state index in [4.69, 9.17) is 10.8 Å². The highest BCUT2D eigenvalue weighted by Gasteiger charge is 2.29. The summed E-state index contributed by atoms with van der Waals surface area (Å²) >= 11 is 0.